The number of hydrogen-bond acceptors (Lipinski definition) is 3. The van der Waals surface area contributed by atoms with Gasteiger partial charge in [-0.3, -0.25) is 9.59 Å². The van der Waals surface area contributed by atoms with Crippen LogP contribution in [0.1, 0.15) is 46.0 Å². The first kappa shape index (κ1) is 20.1. The lowest BCUT2D eigenvalue weighted by Crippen LogP contribution is -2.39. The molecule has 2 aromatic rings. The van der Waals surface area contributed by atoms with Gasteiger partial charge in [-0.2, -0.15) is 0 Å². The zero-order valence-electron chi connectivity index (χ0n) is 16.7. The van der Waals surface area contributed by atoms with E-state index in [4.69, 9.17) is 0 Å². The first-order valence-corrected chi connectivity index (χ1v) is 10.0. The highest BCUT2D eigenvalue weighted by molar-refractivity contribution is 6.05. The molecule has 1 heterocycles. The molecule has 3 rings (SSSR count). The smallest absolute Gasteiger partial charge is 0.255 e. The van der Waals surface area contributed by atoms with Gasteiger partial charge in [-0.25, -0.2) is 0 Å². The van der Waals surface area contributed by atoms with Gasteiger partial charge in [0, 0.05) is 29.9 Å². The summed E-state index contributed by atoms with van der Waals surface area (Å²) >= 11 is 0. The quantitative estimate of drug-likeness (QED) is 0.804. The van der Waals surface area contributed by atoms with Crippen LogP contribution >= 0.6 is 0 Å². The van der Waals surface area contributed by atoms with Gasteiger partial charge in [0.15, 0.2) is 0 Å². The summed E-state index contributed by atoms with van der Waals surface area (Å²) in [5.41, 5.74) is 2.73. The van der Waals surface area contributed by atoms with E-state index in [0.717, 1.165) is 31.1 Å². The number of rotatable bonds is 6. The van der Waals surface area contributed by atoms with Crippen LogP contribution < -0.4 is 10.6 Å². The molecule has 148 valence electrons. The molecule has 2 N–H and O–H groups in total. The lowest BCUT2D eigenvalue weighted by Gasteiger charge is -2.30. The van der Waals surface area contributed by atoms with Gasteiger partial charge in [0.25, 0.3) is 11.8 Å². The fourth-order valence-corrected chi connectivity index (χ4v) is 3.40. The molecule has 0 spiro atoms. The SMILES string of the molecule is Cc1ccc(C(=O)NCCN2CCC(C)CC2)cc1NC(=O)c1ccccc1. The molecule has 0 unspecified atom stereocenters. The summed E-state index contributed by atoms with van der Waals surface area (Å²) in [5.74, 6) is 0.518. The number of benzene rings is 2. The van der Waals surface area contributed by atoms with Crippen molar-refractivity contribution in [3.8, 4) is 0 Å². The molecule has 1 aliphatic rings. The van der Waals surface area contributed by atoms with Crippen molar-refractivity contribution in [2.24, 2.45) is 5.92 Å². The van der Waals surface area contributed by atoms with Gasteiger partial charge in [0.2, 0.25) is 0 Å². The summed E-state index contributed by atoms with van der Waals surface area (Å²) in [6.07, 6.45) is 2.47. The molecule has 1 saturated heterocycles. The highest BCUT2D eigenvalue weighted by Gasteiger charge is 2.16. The number of nitrogens with zero attached hydrogens (tertiary/aromatic N) is 1. The number of piperidine rings is 1. The molecule has 2 amide bonds. The second-order valence-corrected chi connectivity index (χ2v) is 7.63. The Morgan fingerprint density at radius 1 is 1.00 bits per heavy atom. The number of hydrogen-bond donors (Lipinski definition) is 2. The van der Waals surface area contributed by atoms with E-state index in [0.29, 0.717) is 23.4 Å². The number of anilines is 1. The largest absolute Gasteiger partial charge is 0.351 e. The zero-order valence-corrected chi connectivity index (χ0v) is 16.7. The zero-order chi connectivity index (χ0) is 19.9. The standard InChI is InChI=1S/C23H29N3O2/c1-17-10-13-26(14-11-17)15-12-24-22(27)20-9-8-18(2)21(16-20)25-23(28)19-6-4-3-5-7-19/h3-9,16-17H,10-15H2,1-2H3,(H,24,27)(H,25,28). The Labute approximate surface area is 167 Å². The highest BCUT2D eigenvalue weighted by atomic mass is 16.2. The molecule has 0 aliphatic carbocycles. The molecule has 28 heavy (non-hydrogen) atoms. The summed E-state index contributed by atoms with van der Waals surface area (Å²) in [7, 11) is 0. The predicted molar refractivity (Wildman–Crippen MR) is 113 cm³/mol. The fraction of sp³-hybridized carbons (Fsp3) is 0.391. The molecular formula is C23H29N3O2. The molecule has 1 fully saturated rings. The van der Waals surface area contributed by atoms with Crippen LogP contribution in [0.25, 0.3) is 0 Å². The molecule has 5 heteroatoms. The van der Waals surface area contributed by atoms with Gasteiger partial charge in [-0.1, -0.05) is 31.2 Å². The summed E-state index contributed by atoms with van der Waals surface area (Å²) in [6, 6.07) is 14.5. The van der Waals surface area contributed by atoms with Crippen molar-refractivity contribution in [3.63, 3.8) is 0 Å². The van der Waals surface area contributed by atoms with E-state index in [9.17, 15) is 9.59 Å². The normalized spacial score (nSPS) is 15.2. The molecular weight excluding hydrogens is 350 g/mol. The van der Waals surface area contributed by atoms with Crippen molar-refractivity contribution in [2.75, 3.05) is 31.5 Å². The number of aryl methyl sites for hydroxylation is 1. The third kappa shape index (κ3) is 5.42. The van der Waals surface area contributed by atoms with Gasteiger partial charge in [0.05, 0.1) is 0 Å². The number of amides is 2. The molecule has 0 atom stereocenters. The second kappa shape index (κ2) is 9.51. The molecule has 2 aromatic carbocycles. The monoisotopic (exact) mass is 379 g/mol. The number of carbonyl (C=O) groups excluding carboxylic acids is 2. The molecule has 0 bridgehead atoms. The fourth-order valence-electron chi connectivity index (χ4n) is 3.40. The van der Waals surface area contributed by atoms with E-state index in [1.54, 1.807) is 24.3 Å². The van der Waals surface area contributed by atoms with Crippen LogP contribution in [0.5, 0.6) is 0 Å². The van der Waals surface area contributed by atoms with E-state index in [-0.39, 0.29) is 11.8 Å². The van der Waals surface area contributed by atoms with Gasteiger partial charge in [-0.05, 0) is 68.6 Å². The molecule has 0 radical (unpaired) electrons. The van der Waals surface area contributed by atoms with Crippen molar-refractivity contribution in [1.82, 2.24) is 10.2 Å². The van der Waals surface area contributed by atoms with Crippen molar-refractivity contribution in [2.45, 2.75) is 26.7 Å². The van der Waals surface area contributed by atoms with Crippen molar-refractivity contribution < 1.29 is 9.59 Å². The number of likely N-dealkylation sites (tertiary alicyclic amines) is 1. The van der Waals surface area contributed by atoms with E-state index >= 15 is 0 Å². The van der Waals surface area contributed by atoms with Gasteiger partial charge in [0.1, 0.15) is 0 Å². The van der Waals surface area contributed by atoms with Crippen LogP contribution in [0, 0.1) is 12.8 Å². The van der Waals surface area contributed by atoms with E-state index < -0.39 is 0 Å². The molecule has 0 saturated carbocycles. The lowest BCUT2D eigenvalue weighted by molar-refractivity contribution is 0.0943. The minimum absolute atomic E-state index is 0.111. The maximum atomic E-state index is 12.5. The highest BCUT2D eigenvalue weighted by Crippen LogP contribution is 2.18. The number of nitrogens with one attached hydrogen (secondary N) is 2. The Morgan fingerprint density at radius 2 is 1.71 bits per heavy atom. The van der Waals surface area contributed by atoms with E-state index in [1.165, 1.54) is 12.8 Å². The van der Waals surface area contributed by atoms with Crippen LogP contribution in [0.15, 0.2) is 48.5 Å². The Hall–Kier alpha value is -2.66. The Kier molecular flexibility index (Phi) is 6.82. The Bertz CT molecular complexity index is 812. The van der Waals surface area contributed by atoms with Crippen molar-refractivity contribution >= 4 is 17.5 Å². The Balaban J connectivity index is 1.56. The van der Waals surface area contributed by atoms with Crippen LogP contribution in [0.4, 0.5) is 5.69 Å². The van der Waals surface area contributed by atoms with Crippen LogP contribution in [0.2, 0.25) is 0 Å². The van der Waals surface area contributed by atoms with Crippen molar-refractivity contribution in [1.29, 1.82) is 0 Å². The van der Waals surface area contributed by atoms with Gasteiger partial charge < -0.3 is 15.5 Å². The van der Waals surface area contributed by atoms with E-state index in [2.05, 4.69) is 22.5 Å². The third-order valence-corrected chi connectivity index (χ3v) is 5.37. The summed E-state index contributed by atoms with van der Waals surface area (Å²) in [4.78, 5) is 27.3. The van der Waals surface area contributed by atoms with Crippen molar-refractivity contribution in [3.05, 3.63) is 65.2 Å². The average molecular weight is 380 g/mol. The minimum atomic E-state index is -0.180. The van der Waals surface area contributed by atoms with Crippen LogP contribution in [-0.2, 0) is 0 Å². The van der Waals surface area contributed by atoms with Crippen LogP contribution in [-0.4, -0.2) is 42.9 Å². The summed E-state index contributed by atoms with van der Waals surface area (Å²) in [5, 5.41) is 5.90. The maximum absolute atomic E-state index is 12.5. The molecule has 5 nitrogen and oxygen atoms in total. The van der Waals surface area contributed by atoms with Gasteiger partial charge >= 0.3 is 0 Å². The maximum Gasteiger partial charge on any atom is 0.255 e. The first-order valence-electron chi connectivity index (χ1n) is 10.0. The lowest BCUT2D eigenvalue weighted by atomic mass is 9.99. The molecule has 1 aliphatic heterocycles. The minimum Gasteiger partial charge on any atom is -0.351 e. The van der Waals surface area contributed by atoms with Gasteiger partial charge in [-0.15, -0.1) is 0 Å². The molecule has 0 aromatic heterocycles. The topological polar surface area (TPSA) is 61.4 Å². The Morgan fingerprint density at radius 3 is 2.43 bits per heavy atom. The predicted octanol–water partition coefficient (Wildman–Crippen LogP) is 3.71. The summed E-state index contributed by atoms with van der Waals surface area (Å²) in [6.45, 7) is 7.94. The van der Waals surface area contributed by atoms with E-state index in [1.807, 2.05) is 31.2 Å². The summed E-state index contributed by atoms with van der Waals surface area (Å²) < 4.78 is 0. The number of carbonyl (C=O) groups is 2. The average Bonchev–Trinajstić information content (AvgIpc) is 2.71. The third-order valence-electron chi connectivity index (χ3n) is 5.37. The second-order valence-electron chi connectivity index (χ2n) is 7.63. The van der Waals surface area contributed by atoms with Crippen LogP contribution in [0.3, 0.4) is 0 Å². The first-order chi connectivity index (χ1) is 13.5.